The number of methoxy groups -OCH3 is 1. The van der Waals surface area contributed by atoms with Gasteiger partial charge in [0.25, 0.3) is 5.91 Å². The number of carbonyl (C=O) groups excluding carboxylic acids is 2. The van der Waals surface area contributed by atoms with Gasteiger partial charge < -0.3 is 20.2 Å². The molecule has 0 atom stereocenters. The first-order valence-electron chi connectivity index (χ1n) is 9.01. The maximum atomic E-state index is 12.9. The molecule has 0 fully saturated rings. The van der Waals surface area contributed by atoms with Gasteiger partial charge in [-0.3, -0.25) is 4.79 Å². The number of urea groups is 1. The first-order valence-corrected chi connectivity index (χ1v) is 9.38. The molecule has 0 aliphatic heterocycles. The van der Waals surface area contributed by atoms with Crippen molar-refractivity contribution < 1.29 is 18.7 Å². The average molecular weight is 419 g/mol. The van der Waals surface area contributed by atoms with Crippen LogP contribution in [0.4, 0.5) is 10.5 Å². The van der Waals surface area contributed by atoms with Crippen LogP contribution in [0.1, 0.15) is 47.7 Å². The number of primary amides is 1. The maximum absolute atomic E-state index is 12.9. The third-order valence-electron chi connectivity index (χ3n) is 4.71. The Morgan fingerprint density at radius 3 is 2.69 bits per heavy atom. The van der Waals surface area contributed by atoms with Crippen LogP contribution >= 0.6 is 11.6 Å². The molecule has 1 aliphatic rings. The number of nitrogens with zero attached hydrogens (tertiary/aromatic N) is 1. The summed E-state index contributed by atoms with van der Waals surface area (Å²) in [5.41, 5.74) is 9.68. The summed E-state index contributed by atoms with van der Waals surface area (Å²) in [6.07, 6.45) is 1.23. The van der Waals surface area contributed by atoms with Crippen LogP contribution in [0, 0.1) is 12.3 Å². The number of fused-ring (bicyclic) bond motifs is 1. The highest BCUT2D eigenvalue weighted by atomic mass is 35.5. The fraction of sp³-hybridized carbons (Fsp3) is 0.350. The molecule has 1 aliphatic carbocycles. The summed E-state index contributed by atoms with van der Waals surface area (Å²) in [5.74, 6) is 0.858. The standard InChI is InChI=1S/C20H23ClN4O4/c1-10-16-13(24-25-19(22)27)8-20(2,3)9-15(16)29-17(10)18(26)23-12-7-11(21)5-6-14(12)28-4/h5-7H,8-9H2,1-4H3,(H,23,26)(H3,22,25,27)/b24-13-. The molecule has 0 saturated carbocycles. The highest BCUT2D eigenvalue weighted by Gasteiger charge is 2.36. The Kier molecular flexibility index (Phi) is 5.57. The lowest BCUT2D eigenvalue weighted by molar-refractivity contribution is 0.0992. The van der Waals surface area contributed by atoms with Gasteiger partial charge in [-0.25, -0.2) is 10.2 Å². The fourth-order valence-corrected chi connectivity index (χ4v) is 3.68. The van der Waals surface area contributed by atoms with Crippen molar-refractivity contribution in [1.82, 2.24) is 5.43 Å². The van der Waals surface area contributed by atoms with Crippen molar-refractivity contribution in [1.29, 1.82) is 0 Å². The van der Waals surface area contributed by atoms with Gasteiger partial charge in [-0.05, 0) is 37.0 Å². The normalized spacial score (nSPS) is 16.2. The summed E-state index contributed by atoms with van der Waals surface area (Å²) in [7, 11) is 1.51. The van der Waals surface area contributed by atoms with Gasteiger partial charge in [0.15, 0.2) is 5.76 Å². The first-order chi connectivity index (χ1) is 13.6. The summed E-state index contributed by atoms with van der Waals surface area (Å²) < 4.78 is 11.2. The molecule has 1 aromatic carbocycles. The number of ether oxygens (including phenoxy) is 1. The largest absolute Gasteiger partial charge is 0.495 e. The average Bonchev–Trinajstić information content (AvgIpc) is 2.95. The zero-order chi connectivity index (χ0) is 21.3. The van der Waals surface area contributed by atoms with Gasteiger partial charge in [0, 0.05) is 22.6 Å². The van der Waals surface area contributed by atoms with E-state index in [0.29, 0.717) is 46.3 Å². The number of halogens is 1. The minimum absolute atomic E-state index is 0.153. The molecule has 29 heavy (non-hydrogen) atoms. The molecule has 154 valence electrons. The third-order valence-corrected chi connectivity index (χ3v) is 4.95. The highest BCUT2D eigenvalue weighted by Crippen LogP contribution is 2.39. The molecule has 2 aromatic rings. The SMILES string of the molecule is COc1ccc(Cl)cc1NC(=O)c1oc2c(c1C)/C(=N\NC(N)=O)CC(C)(C)C2. The van der Waals surface area contributed by atoms with Crippen molar-refractivity contribution in [3.63, 3.8) is 0 Å². The van der Waals surface area contributed by atoms with Crippen LogP contribution in [0.25, 0.3) is 0 Å². The molecular formula is C20H23ClN4O4. The first kappa shape index (κ1) is 20.7. The van der Waals surface area contributed by atoms with Crippen molar-refractivity contribution >= 4 is 34.9 Å². The Bertz CT molecular complexity index is 1010. The quantitative estimate of drug-likeness (QED) is 0.653. The summed E-state index contributed by atoms with van der Waals surface area (Å²) in [4.78, 5) is 24.0. The number of nitrogens with one attached hydrogen (secondary N) is 2. The van der Waals surface area contributed by atoms with Crippen molar-refractivity contribution in [3.8, 4) is 5.75 Å². The molecule has 0 radical (unpaired) electrons. The van der Waals surface area contributed by atoms with Crippen molar-refractivity contribution in [2.75, 3.05) is 12.4 Å². The Morgan fingerprint density at radius 2 is 2.03 bits per heavy atom. The molecule has 9 heteroatoms. The number of hydrogen-bond donors (Lipinski definition) is 3. The zero-order valence-electron chi connectivity index (χ0n) is 16.7. The van der Waals surface area contributed by atoms with E-state index in [1.54, 1.807) is 25.1 Å². The van der Waals surface area contributed by atoms with E-state index in [9.17, 15) is 9.59 Å². The molecule has 0 saturated heterocycles. The van der Waals surface area contributed by atoms with E-state index >= 15 is 0 Å². The van der Waals surface area contributed by atoms with E-state index in [1.807, 2.05) is 0 Å². The molecule has 3 rings (SSSR count). The Balaban J connectivity index is 1.99. The molecule has 1 aromatic heterocycles. The molecule has 4 N–H and O–H groups in total. The van der Waals surface area contributed by atoms with Crippen LogP contribution in [-0.2, 0) is 6.42 Å². The van der Waals surface area contributed by atoms with Crippen LogP contribution < -0.4 is 21.2 Å². The summed E-state index contributed by atoms with van der Waals surface area (Å²) in [6.45, 7) is 5.90. The second kappa shape index (κ2) is 7.79. The van der Waals surface area contributed by atoms with E-state index in [2.05, 4.69) is 29.7 Å². The van der Waals surface area contributed by atoms with E-state index in [-0.39, 0.29) is 11.2 Å². The van der Waals surface area contributed by atoms with Crippen LogP contribution in [0.3, 0.4) is 0 Å². The molecule has 8 nitrogen and oxygen atoms in total. The van der Waals surface area contributed by atoms with Crippen molar-refractivity contribution in [2.24, 2.45) is 16.3 Å². The predicted molar refractivity (Wildman–Crippen MR) is 111 cm³/mol. The lowest BCUT2D eigenvalue weighted by Gasteiger charge is -2.29. The lowest BCUT2D eigenvalue weighted by atomic mass is 9.75. The Hall–Kier alpha value is -3.00. The number of carbonyl (C=O) groups is 2. The topological polar surface area (TPSA) is 119 Å². The van der Waals surface area contributed by atoms with Crippen LogP contribution in [0.5, 0.6) is 5.75 Å². The second-order valence-corrected chi connectivity index (χ2v) is 8.14. The van der Waals surface area contributed by atoms with Gasteiger partial charge >= 0.3 is 6.03 Å². The van der Waals surface area contributed by atoms with Crippen LogP contribution in [-0.4, -0.2) is 24.8 Å². The van der Waals surface area contributed by atoms with E-state index in [1.165, 1.54) is 7.11 Å². The minimum Gasteiger partial charge on any atom is -0.495 e. The number of benzene rings is 1. The van der Waals surface area contributed by atoms with E-state index in [4.69, 9.17) is 26.5 Å². The smallest absolute Gasteiger partial charge is 0.332 e. The Morgan fingerprint density at radius 1 is 1.31 bits per heavy atom. The second-order valence-electron chi connectivity index (χ2n) is 7.71. The number of furan rings is 1. The van der Waals surface area contributed by atoms with E-state index in [0.717, 1.165) is 5.56 Å². The fourth-order valence-electron chi connectivity index (χ4n) is 3.51. The summed E-state index contributed by atoms with van der Waals surface area (Å²) in [6, 6.07) is 4.18. The Labute approximate surface area is 173 Å². The van der Waals surface area contributed by atoms with Gasteiger partial charge in [0.05, 0.1) is 18.5 Å². The van der Waals surface area contributed by atoms with Gasteiger partial charge in [-0.2, -0.15) is 5.10 Å². The number of amides is 3. The maximum Gasteiger partial charge on any atom is 0.332 e. The summed E-state index contributed by atoms with van der Waals surface area (Å²) in [5, 5.41) is 7.38. The molecule has 0 bridgehead atoms. The van der Waals surface area contributed by atoms with Crippen LogP contribution in [0.2, 0.25) is 5.02 Å². The van der Waals surface area contributed by atoms with Crippen molar-refractivity contribution in [3.05, 3.63) is 45.9 Å². The minimum atomic E-state index is -0.755. The number of rotatable bonds is 4. The highest BCUT2D eigenvalue weighted by molar-refractivity contribution is 6.31. The van der Waals surface area contributed by atoms with Crippen LogP contribution in [0.15, 0.2) is 27.7 Å². The zero-order valence-corrected chi connectivity index (χ0v) is 17.4. The molecule has 3 amide bonds. The number of anilines is 1. The molecule has 1 heterocycles. The number of hydrogen-bond acceptors (Lipinski definition) is 5. The van der Waals surface area contributed by atoms with Gasteiger partial charge in [0.1, 0.15) is 11.5 Å². The number of nitrogens with two attached hydrogens (primary N) is 1. The lowest BCUT2D eigenvalue weighted by Crippen LogP contribution is -2.31. The predicted octanol–water partition coefficient (Wildman–Crippen LogP) is 3.85. The molecular weight excluding hydrogens is 396 g/mol. The molecule has 0 unspecified atom stereocenters. The van der Waals surface area contributed by atoms with Gasteiger partial charge in [-0.1, -0.05) is 25.4 Å². The van der Waals surface area contributed by atoms with Crippen molar-refractivity contribution in [2.45, 2.75) is 33.6 Å². The summed E-state index contributed by atoms with van der Waals surface area (Å²) >= 11 is 6.04. The monoisotopic (exact) mass is 418 g/mol. The third kappa shape index (κ3) is 4.37. The van der Waals surface area contributed by atoms with Gasteiger partial charge in [-0.15, -0.1) is 0 Å². The number of hydrazone groups is 1. The molecule has 0 spiro atoms. The van der Waals surface area contributed by atoms with Gasteiger partial charge in [0.2, 0.25) is 0 Å². The van der Waals surface area contributed by atoms with E-state index < -0.39 is 11.9 Å².